The average Bonchev–Trinajstić information content (AvgIpc) is 2.71. The molecule has 2 aromatic rings. The second-order valence-corrected chi connectivity index (χ2v) is 5.95. The van der Waals surface area contributed by atoms with E-state index in [9.17, 15) is 0 Å². The highest BCUT2D eigenvalue weighted by molar-refractivity contribution is 5.79. The van der Waals surface area contributed by atoms with Crippen molar-refractivity contribution in [2.75, 3.05) is 6.54 Å². The van der Waals surface area contributed by atoms with E-state index < -0.39 is 0 Å². The van der Waals surface area contributed by atoms with Crippen LogP contribution in [0.4, 0.5) is 0 Å². The fraction of sp³-hybridized carbons (Fsp3) is 0.500. The van der Waals surface area contributed by atoms with Gasteiger partial charge in [0.05, 0.1) is 0 Å². The zero-order valence-electron chi connectivity index (χ0n) is 11.7. The van der Waals surface area contributed by atoms with Crippen LogP contribution in [0.2, 0.25) is 0 Å². The number of hydrogen-bond donors (Lipinski definition) is 1. The third kappa shape index (κ3) is 3.61. The summed E-state index contributed by atoms with van der Waals surface area (Å²) in [6, 6.07) is 10.8. The van der Waals surface area contributed by atoms with Crippen molar-refractivity contribution in [3.05, 3.63) is 36.5 Å². The van der Waals surface area contributed by atoms with Crippen LogP contribution in [0, 0.1) is 0 Å². The highest BCUT2D eigenvalue weighted by Crippen LogP contribution is 2.15. The molecular weight excluding hydrogens is 220 g/mol. The SMILES string of the molecule is CC(C)(C)NCCCCn1ccc2ccccc21. The summed E-state index contributed by atoms with van der Waals surface area (Å²) < 4.78 is 2.35. The summed E-state index contributed by atoms with van der Waals surface area (Å²) in [6.07, 6.45) is 4.65. The predicted octanol–water partition coefficient (Wildman–Crippen LogP) is 3.81. The van der Waals surface area contributed by atoms with E-state index in [4.69, 9.17) is 0 Å². The van der Waals surface area contributed by atoms with Crippen LogP contribution in [-0.2, 0) is 6.54 Å². The monoisotopic (exact) mass is 244 g/mol. The van der Waals surface area contributed by atoms with Crippen molar-refractivity contribution in [3.63, 3.8) is 0 Å². The lowest BCUT2D eigenvalue weighted by Crippen LogP contribution is -2.36. The topological polar surface area (TPSA) is 17.0 Å². The Morgan fingerprint density at radius 2 is 1.83 bits per heavy atom. The summed E-state index contributed by atoms with van der Waals surface area (Å²) in [5, 5.41) is 4.87. The van der Waals surface area contributed by atoms with Crippen molar-refractivity contribution in [1.29, 1.82) is 0 Å². The van der Waals surface area contributed by atoms with E-state index in [0.29, 0.717) is 0 Å². The molecule has 0 aliphatic carbocycles. The molecule has 1 N–H and O–H groups in total. The van der Waals surface area contributed by atoms with Gasteiger partial charge in [0.1, 0.15) is 0 Å². The molecule has 2 heteroatoms. The Kier molecular flexibility index (Phi) is 4.07. The van der Waals surface area contributed by atoms with Crippen LogP contribution in [0.25, 0.3) is 10.9 Å². The second kappa shape index (κ2) is 5.57. The first-order valence-corrected chi connectivity index (χ1v) is 6.85. The van der Waals surface area contributed by atoms with Crippen molar-refractivity contribution in [2.24, 2.45) is 0 Å². The zero-order valence-corrected chi connectivity index (χ0v) is 11.7. The van der Waals surface area contributed by atoms with E-state index in [-0.39, 0.29) is 5.54 Å². The molecule has 0 saturated heterocycles. The van der Waals surface area contributed by atoms with Gasteiger partial charge in [-0.1, -0.05) is 18.2 Å². The minimum atomic E-state index is 0.236. The van der Waals surface area contributed by atoms with Gasteiger partial charge in [0.25, 0.3) is 0 Å². The number of fused-ring (bicyclic) bond motifs is 1. The van der Waals surface area contributed by atoms with Crippen LogP contribution in [0.5, 0.6) is 0 Å². The number of nitrogens with one attached hydrogen (secondary N) is 1. The number of aryl methyl sites for hydroxylation is 1. The number of aromatic nitrogens is 1. The van der Waals surface area contributed by atoms with Crippen LogP contribution in [0.15, 0.2) is 36.5 Å². The maximum Gasteiger partial charge on any atom is 0.0480 e. The number of hydrogen-bond acceptors (Lipinski definition) is 1. The van der Waals surface area contributed by atoms with Crippen molar-refractivity contribution in [3.8, 4) is 0 Å². The normalized spacial score (nSPS) is 12.2. The molecule has 98 valence electrons. The summed E-state index contributed by atoms with van der Waals surface area (Å²) in [4.78, 5) is 0. The van der Waals surface area contributed by atoms with Crippen molar-refractivity contribution < 1.29 is 0 Å². The maximum absolute atomic E-state index is 3.53. The van der Waals surface area contributed by atoms with Crippen molar-refractivity contribution in [1.82, 2.24) is 9.88 Å². The molecule has 1 aromatic heterocycles. The van der Waals surface area contributed by atoms with Crippen molar-refractivity contribution >= 4 is 10.9 Å². The van der Waals surface area contributed by atoms with Crippen LogP contribution in [-0.4, -0.2) is 16.7 Å². The van der Waals surface area contributed by atoms with Crippen LogP contribution in [0.1, 0.15) is 33.6 Å². The van der Waals surface area contributed by atoms with E-state index >= 15 is 0 Å². The summed E-state index contributed by atoms with van der Waals surface area (Å²) in [5.74, 6) is 0. The molecule has 1 heterocycles. The molecule has 0 saturated carbocycles. The maximum atomic E-state index is 3.53. The molecule has 0 aliphatic heterocycles. The minimum absolute atomic E-state index is 0.236. The average molecular weight is 244 g/mol. The van der Waals surface area contributed by atoms with Crippen molar-refractivity contribution in [2.45, 2.75) is 45.7 Å². The lowest BCUT2D eigenvalue weighted by atomic mass is 10.1. The molecule has 0 radical (unpaired) electrons. The molecule has 0 atom stereocenters. The number of para-hydroxylation sites is 1. The Morgan fingerprint density at radius 3 is 2.61 bits per heavy atom. The molecule has 0 aliphatic rings. The van der Waals surface area contributed by atoms with E-state index in [1.807, 2.05) is 0 Å². The van der Waals surface area contributed by atoms with Crippen LogP contribution in [0.3, 0.4) is 0 Å². The van der Waals surface area contributed by atoms with Gasteiger partial charge in [-0.05, 0) is 57.7 Å². The van der Waals surface area contributed by atoms with Gasteiger partial charge in [-0.25, -0.2) is 0 Å². The lowest BCUT2D eigenvalue weighted by molar-refractivity contribution is 0.415. The number of rotatable bonds is 5. The van der Waals surface area contributed by atoms with Crippen LogP contribution >= 0.6 is 0 Å². The van der Waals surface area contributed by atoms with Gasteiger partial charge in [-0.3, -0.25) is 0 Å². The zero-order chi connectivity index (χ0) is 13.0. The third-order valence-electron chi connectivity index (χ3n) is 3.16. The molecule has 0 unspecified atom stereocenters. The smallest absolute Gasteiger partial charge is 0.0480 e. The highest BCUT2D eigenvalue weighted by atomic mass is 15.0. The first-order chi connectivity index (χ1) is 8.56. The van der Waals surface area contributed by atoms with E-state index in [1.54, 1.807) is 0 Å². The number of unbranched alkanes of at least 4 members (excludes halogenated alkanes) is 1. The summed E-state index contributed by atoms with van der Waals surface area (Å²) in [6.45, 7) is 8.85. The van der Waals surface area contributed by atoms with Gasteiger partial charge in [0.2, 0.25) is 0 Å². The lowest BCUT2D eigenvalue weighted by Gasteiger charge is -2.20. The summed E-state index contributed by atoms with van der Waals surface area (Å²) in [7, 11) is 0. The largest absolute Gasteiger partial charge is 0.347 e. The summed E-state index contributed by atoms with van der Waals surface area (Å²) >= 11 is 0. The molecule has 0 fully saturated rings. The molecule has 0 amide bonds. The van der Waals surface area contributed by atoms with Gasteiger partial charge >= 0.3 is 0 Å². The standard InChI is InChI=1S/C16H24N2/c1-16(2,3)17-11-6-7-12-18-13-10-14-8-4-5-9-15(14)18/h4-5,8-10,13,17H,6-7,11-12H2,1-3H3. The number of benzene rings is 1. The van der Waals surface area contributed by atoms with Gasteiger partial charge in [0.15, 0.2) is 0 Å². The van der Waals surface area contributed by atoms with Gasteiger partial charge < -0.3 is 9.88 Å². The fourth-order valence-corrected chi connectivity index (χ4v) is 2.21. The quantitative estimate of drug-likeness (QED) is 0.791. The molecule has 1 aromatic carbocycles. The summed E-state index contributed by atoms with van der Waals surface area (Å²) in [5.41, 5.74) is 1.58. The first kappa shape index (κ1) is 13.2. The molecule has 0 spiro atoms. The Bertz CT molecular complexity index is 491. The van der Waals surface area contributed by atoms with E-state index in [1.165, 1.54) is 23.7 Å². The Morgan fingerprint density at radius 1 is 1.06 bits per heavy atom. The van der Waals surface area contributed by atoms with E-state index in [2.05, 4.69) is 67.2 Å². The van der Waals surface area contributed by atoms with Gasteiger partial charge in [-0.15, -0.1) is 0 Å². The Hall–Kier alpha value is -1.28. The highest BCUT2D eigenvalue weighted by Gasteiger charge is 2.07. The molecule has 18 heavy (non-hydrogen) atoms. The van der Waals surface area contributed by atoms with Gasteiger partial charge in [0, 0.05) is 23.8 Å². The molecule has 2 rings (SSSR count). The third-order valence-corrected chi connectivity index (χ3v) is 3.16. The first-order valence-electron chi connectivity index (χ1n) is 6.85. The Labute approximate surface area is 110 Å². The van der Waals surface area contributed by atoms with E-state index in [0.717, 1.165) is 13.1 Å². The number of nitrogens with zero attached hydrogens (tertiary/aromatic N) is 1. The Balaban J connectivity index is 1.80. The minimum Gasteiger partial charge on any atom is -0.347 e. The van der Waals surface area contributed by atoms with Gasteiger partial charge in [-0.2, -0.15) is 0 Å². The van der Waals surface area contributed by atoms with Crippen LogP contribution < -0.4 is 5.32 Å². The molecular formula is C16H24N2. The fourth-order valence-electron chi connectivity index (χ4n) is 2.21. The predicted molar refractivity (Wildman–Crippen MR) is 78.9 cm³/mol. The second-order valence-electron chi connectivity index (χ2n) is 5.95. The molecule has 0 bridgehead atoms. The molecule has 2 nitrogen and oxygen atoms in total.